The Labute approximate surface area is 213 Å². The first-order chi connectivity index (χ1) is 17.3. The van der Waals surface area contributed by atoms with Gasteiger partial charge in [-0.05, 0) is 98.8 Å². The molecule has 3 fully saturated rings. The van der Waals surface area contributed by atoms with E-state index in [0.29, 0.717) is 12.1 Å². The van der Waals surface area contributed by atoms with Gasteiger partial charge >= 0.3 is 0 Å². The smallest absolute Gasteiger partial charge is 0.174 e. The second-order valence-corrected chi connectivity index (χ2v) is 10.6. The van der Waals surface area contributed by atoms with Crippen molar-refractivity contribution in [2.45, 2.75) is 82.0 Å². The Morgan fingerprint density at radius 2 is 1.66 bits per heavy atom. The summed E-state index contributed by atoms with van der Waals surface area (Å²) < 4.78 is 8.64. The molecule has 6 rings (SSSR count). The number of hydrogen-bond acceptors (Lipinski definition) is 3. The number of pyridine rings is 1. The number of benzene rings is 1. The SMILES string of the molecule is S=C1N[C@@H](c2ccccn2)[C@H](c2ccn(C3CCCCC3)c2)N1c1ccc(OC2CCCC2)cc1. The molecule has 1 N–H and O–H groups in total. The van der Waals surface area contributed by atoms with Gasteiger partial charge < -0.3 is 19.5 Å². The van der Waals surface area contributed by atoms with E-state index in [1.807, 2.05) is 12.3 Å². The molecule has 2 saturated carbocycles. The van der Waals surface area contributed by atoms with Gasteiger partial charge in [-0.25, -0.2) is 0 Å². The highest BCUT2D eigenvalue weighted by Crippen LogP contribution is 2.42. The summed E-state index contributed by atoms with van der Waals surface area (Å²) in [7, 11) is 0. The lowest BCUT2D eigenvalue weighted by atomic mass is 9.95. The molecule has 182 valence electrons. The van der Waals surface area contributed by atoms with Crippen LogP contribution < -0.4 is 15.0 Å². The zero-order valence-corrected chi connectivity index (χ0v) is 21.0. The van der Waals surface area contributed by atoms with Crippen LogP contribution in [0, 0.1) is 0 Å². The van der Waals surface area contributed by atoms with Crippen LogP contribution >= 0.6 is 12.2 Å². The maximum atomic E-state index is 6.21. The molecule has 0 spiro atoms. The minimum Gasteiger partial charge on any atom is -0.490 e. The largest absolute Gasteiger partial charge is 0.490 e. The van der Waals surface area contributed by atoms with Gasteiger partial charge in [0.2, 0.25) is 0 Å². The van der Waals surface area contributed by atoms with Crippen LogP contribution in [0.3, 0.4) is 0 Å². The van der Waals surface area contributed by atoms with Crippen LogP contribution in [0.4, 0.5) is 5.69 Å². The van der Waals surface area contributed by atoms with E-state index >= 15 is 0 Å². The summed E-state index contributed by atoms with van der Waals surface area (Å²) in [5.74, 6) is 0.944. The zero-order valence-electron chi connectivity index (χ0n) is 20.2. The van der Waals surface area contributed by atoms with E-state index in [1.165, 1.54) is 50.5 Å². The van der Waals surface area contributed by atoms with Crippen LogP contribution in [0.2, 0.25) is 0 Å². The lowest BCUT2D eigenvalue weighted by Crippen LogP contribution is -2.29. The van der Waals surface area contributed by atoms with Gasteiger partial charge in [-0.3, -0.25) is 4.98 Å². The van der Waals surface area contributed by atoms with E-state index in [1.54, 1.807) is 0 Å². The van der Waals surface area contributed by atoms with Crippen LogP contribution in [0.25, 0.3) is 0 Å². The molecule has 3 aromatic rings. The molecule has 0 amide bonds. The summed E-state index contributed by atoms with van der Waals surface area (Å²) in [4.78, 5) is 6.95. The maximum absolute atomic E-state index is 6.21. The maximum Gasteiger partial charge on any atom is 0.174 e. The summed E-state index contributed by atoms with van der Waals surface area (Å²) in [5.41, 5.74) is 3.36. The lowest BCUT2D eigenvalue weighted by molar-refractivity contribution is 0.210. The van der Waals surface area contributed by atoms with Crippen molar-refractivity contribution in [1.82, 2.24) is 14.9 Å². The summed E-state index contributed by atoms with van der Waals surface area (Å²) >= 11 is 5.91. The Bertz CT molecular complexity index is 1130. The van der Waals surface area contributed by atoms with E-state index in [4.69, 9.17) is 21.9 Å². The van der Waals surface area contributed by atoms with Gasteiger partial charge in [0.1, 0.15) is 5.75 Å². The van der Waals surface area contributed by atoms with E-state index in [0.717, 1.165) is 35.1 Å². The normalized spacial score (nSPS) is 23.5. The van der Waals surface area contributed by atoms with Gasteiger partial charge in [0.05, 0.1) is 23.9 Å². The van der Waals surface area contributed by atoms with Crippen LogP contribution in [-0.2, 0) is 0 Å². The van der Waals surface area contributed by atoms with Crippen LogP contribution in [0.5, 0.6) is 5.75 Å². The average Bonchev–Trinajstić information content (AvgIpc) is 3.66. The molecule has 5 nitrogen and oxygen atoms in total. The first kappa shape index (κ1) is 22.6. The molecular weight excluding hydrogens is 452 g/mol. The Morgan fingerprint density at radius 3 is 2.40 bits per heavy atom. The van der Waals surface area contributed by atoms with Crippen molar-refractivity contribution in [3.05, 3.63) is 78.4 Å². The van der Waals surface area contributed by atoms with E-state index in [9.17, 15) is 0 Å². The van der Waals surface area contributed by atoms with Crippen molar-refractivity contribution in [1.29, 1.82) is 0 Å². The molecule has 3 aliphatic rings. The quantitative estimate of drug-likeness (QED) is 0.384. The molecule has 1 aromatic carbocycles. The van der Waals surface area contributed by atoms with Crippen LogP contribution in [-0.4, -0.2) is 20.8 Å². The molecule has 1 aliphatic heterocycles. The van der Waals surface area contributed by atoms with Crippen molar-refractivity contribution in [2.75, 3.05) is 4.90 Å². The van der Waals surface area contributed by atoms with Crippen molar-refractivity contribution in [2.24, 2.45) is 0 Å². The highest BCUT2D eigenvalue weighted by atomic mass is 32.1. The topological polar surface area (TPSA) is 42.3 Å². The van der Waals surface area contributed by atoms with Crippen LogP contribution in [0.15, 0.2) is 67.1 Å². The molecule has 2 aromatic heterocycles. The van der Waals surface area contributed by atoms with Crippen molar-refractivity contribution in [3.8, 4) is 5.75 Å². The minimum atomic E-state index is -0.0136. The standard InChI is InChI=1S/C29H34N4OS/c35-29-31-27(26-12-6-7-18-30-26)28(21-17-19-32(20-21)22-8-2-1-3-9-22)33(29)23-13-15-25(16-14-23)34-24-10-4-5-11-24/h6-7,12-20,22,24,27-28H,1-5,8-11H2,(H,31,35)/t27-,28-/m0/s1. The minimum absolute atomic E-state index is 0.0136. The van der Waals surface area contributed by atoms with Crippen molar-refractivity contribution >= 4 is 23.0 Å². The number of ether oxygens (including phenoxy) is 1. The first-order valence-electron chi connectivity index (χ1n) is 13.2. The van der Waals surface area contributed by atoms with E-state index < -0.39 is 0 Å². The molecule has 1 saturated heterocycles. The zero-order chi connectivity index (χ0) is 23.6. The fraction of sp³-hybridized carbons (Fsp3) is 0.448. The Morgan fingerprint density at radius 1 is 0.886 bits per heavy atom. The van der Waals surface area contributed by atoms with E-state index in [2.05, 4.69) is 69.6 Å². The van der Waals surface area contributed by atoms with Gasteiger partial charge in [0.15, 0.2) is 5.11 Å². The number of aromatic nitrogens is 2. The van der Waals surface area contributed by atoms with Gasteiger partial charge in [0, 0.05) is 30.3 Å². The monoisotopic (exact) mass is 486 g/mol. The number of thiocarbonyl (C=S) groups is 1. The second kappa shape index (κ2) is 10.0. The number of nitrogens with zero attached hydrogens (tertiary/aromatic N) is 3. The fourth-order valence-electron chi connectivity index (χ4n) is 6.07. The third-order valence-electron chi connectivity index (χ3n) is 7.89. The third kappa shape index (κ3) is 4.68. The lowest BCUT2D eigenvalue weighted by Gasteiger charge is -2.28. The molecule has 2 atom stereocenters. The van der Waals surface area contributed by atoms with Gasteiger partial charge in [-0.15, -0.1) is 0 Å². The summed E-state index contributed by atoms with van der Waals surface area (Å²) in [5, 5.41) is 4.32. The predicted molar refractivity (Wildman–Crippen MR) is 144 cm³/mol. The highest BCUT2D eigenvalue weighted by molar-refractivity contribution is 7.80. The van der Waals surface area contributed by atoms with Gasteiger partial charge in [-0.1, -0.05) is 25.3 Å². The van der Waals surface area contributed by atoms with E-state index in [-0.39, 0.29) is 12.1 Å². The number of rotatable bonds is 6. The Kier molecular flexibility index (Phi) is 6.47. The second-order valence-electron chi connectivity index (χ2n) is 10.2. The summed E-state index contributed by atoms with van der Waals surface area (Å²) in [6, 6.07) is 17.5. The van der Waals surface area contributed by atoms with Gasteiger partial charge in [-0.2, -0.15) is 0 Å². The summed E-state index contributed by atoms with van der Waals surface area (Å²) in [6.45, 7) is 0. The number of anilines is 1. The summed E-state index contributed by atoms with van der Waals surface area (Å²) in [6.07, 6.45) is 18.2. The molecule has 3 heterocycles. The molecule has 35 heavy (non-hydrogen) atoms. The molecule has 0 radical (unpaired) electrons. The predicted octanol–water partition coefficient (Wildman–Crippen LogP) is 6.89. The Hall–Kier alpha value is -2.86. The molecule has 0 unspecified atom stereocenters. The third-order valence-corrected chi connectivity index (χ3v) is 8.21. The fourth-order valence-corrected chi connectivity index (χ4v) is 6.41. The highest BCUT2D eigenvalue weighted by Gasteiger charge is 2.41. The molecule has 0 bridgehead atoms. The average molecular weight is 487 g/mol. The van der Waals surface area contributed by atoms with Crippen molar-refractivity contribution < 1.29 is 4.74 Å². The van der Waals surface area contributed by atoms with Crippen molar-refractivity contribution in [3.63, 3.8) is 0 Å². The van der Waals surface area contributed by atoms with Crippen LogP contribution in [0.1, 0.15) is 87.2 Å². The molecular formula is C29H34N4OS. The number of hydrogen-bond donors (Lipinski definition) is 1. The first-order valence-corrected chi connectivity index (χ1v) is 13.6. The molecule has 6 heteroatoms. The molecule has 2 aliphatic carbocycles. The Balaban J connectivity index is 1.31. The number of nitrogens with one attached hydrogen (secondary N) is 1. The van der Waals surface area contributed by atoms with Gasteiger partial charge in [0.25, 0.3) is 0 Å².